The van der Waals surface area contributed by atoms with Crippen LogP contribution in [0, 0.1) is 13.8 Å². The third kappa shape index (κ3) is 4.50. The van der Waals surface area contributed by atoms with Gasteiger partial charge in [-0.1, -0.05) is 16.8 Å². The highest BCUT2D eigenvalue weighted by Crippen LogP contribution is 2.38. The Morgan fingerprint density at radius 1 is 1.12 bits per heavy atom. The van der Waals surface area contributed by atoms with Crippen molar-refractivity contribution in [2.75, 3.05) is 25.1 Å². The van der Waals surface area contributed by atoms with Crippen LogP contribution in [0.5, 0.6) is 11.5 Å². The van der Waals surface area contributed by atoms with Gasteiger partial charge >= 0.3 is 5.76 Å². The first kappa shape index (κ1) is 25.7. The smallest absolute Gasteiger partial charge is 0.439 e. The highest BCUT2D eigenvalue weighted by atomic mass is 35.5. The molecule has 0 fully saturated rings. The molecule has 0 radical (unpaired) electrons. The molecule has 40 heavy (non-hydrogen) atoms. The number of aromatic nitrogens is 3. The average molecular weight is 561 g/mol. The maximum absolute atomic E-state index is 13.6. The maximum atomic E-state index is 13.6. The Bertz CT molecular complexity index is 1890. The summed E-state index contributed by atoms with van der Waals surface area (Å²) < 4.78 is 23.3. The molecule has 0 amide bonds. The molecule has 5 aromatic rings. The highest BCUT2D eigenvalue weighted by molar-refractivity contribution is 6.29. The second kappa shape index (κ2) is 9.87. The van der Waals surface area contributed by atoms with Gasteiger partial charge in [-0.3, -0.25) is 14.3 Å². The molecule has 1 aliphatic rings. The zero-order valence-corrected chi connectivity index (χ0v) is 23.0. The van der Waals surface area contributed by atoms with Crippen molar-refractivity contribution in [3.63, 3.8) is 0 Å². The monoisotopic (exact) mass is 560 g/mol. The van der Waals surface area contributed by atoms with Crippen LogP contribution in [0.15, 0.2) is 61.0 Å². The number of benzene rings is 2. The molecule has 10 nitrogen and oxygen atoms in total. The molecule has 0 aliphatic carbocycles. The summed E-state index contributed by atoms with van der Waals surface area (Å²) in [6.45, 7) is 6.88. The van der Waals surface area contributed by atoms with Crippen LogP contribution in [0.2, 0.25) is 5.15 Å². The number of hydrogen-bond donors (Lipinski definition) is 1. The summed E-state index contributed by atoms with van der Waals surface area (Å²) in [4.78, 5) is 34.0. The van der Waals surface area contributed by atoms with Crippen molar-refractivity contribution in [3.05, 3.63) is 85.1 Å². The predicted octanol–water partition coefficient (Wildman–Crippen LogP) is 5.44. The quantitative estimate of drug-likeness (QED) is 0.280. The first-order chi connectivity index (χ1) is 19.2. The van der Waals surface area contributed by atoms with Crippen molar-refractivity contribution < 1.29 is 18.4 Å². The van der Waals surface area contributed by atoms with Gasteiger partial charge < -0.3 is 18.8 Å². The fourth-order valence-electron chi connectivity index (χ4n) is 4.92. The van der Waals surface area contributed by atoms with Crippen LogP contribution in [-0.2, 0) is 0 Å². The summed E-state index contributed by atoms with van der Waals surface area (Å²) in [6, 6.07) is 12.7. The SMILES string of the molecule is Cc1cc([C@@H](C)Oc2ccc(Cl)nc2-c2noc(=O)[nH]2)c2oc(-c3ccc4c(c3)OCCN4C)c(C)c(=O)c2c1. The molecule has 1 atom stereocenters. The first-order valence-electron chi connectivity index (χ1n) is 12.7. The normalized spacial score (nSPS) is 13.7. The largest absolute Gasteiger partial charge is 0.490 e. The molecule has 3 aromatic heterocycles. The lowest BCUT2D eigenvalue weighted by Gasteiger charge is -2.28. The van der Waals surface area contributed by atoms with E-state index in [0.717, 1.165) is 29.1 Å². The Morgan fingerprint density at radius 2 is 1.95 bits per heavy atom. The molecule has 0 spiro atoms. The van der Waals surface area contributed by atoms with Gasteiger partial charge in [0, 0.05) is 23.7 Å². The lowest BCUT2D eigenvalue weighted by Crippen LogP contribution is -2.28. The maximum Gasteiger partial charge on any atom is 0.439 e. The van der Waals surface area contributed by atoms with E-state index >= 15 is 0 Å². The number of H-pyrrole nitrogens is 1. The van der Waals surface area contributed by atoms with Gasteiger partial charge in [0.1, 0.15) is 40.7 Å². The van der Waals surface area contributed by atoms with E-state index in [1.807, 2.05) is 51.2 Å². The molecule has 6 rings (SSSR count). The van der Waals surface area contributed by atoms with Crippen LogP contribution in [0.25, 0.3) is 33.8 Å². The van der Waals surface area contributed by atoms with Crippen molar-refractivity contribution in [2.24, 2.45) is 0 Å². The third-order valence-corrected chi connectivity index (χ3v) is 7.15. The van der Waals surface area contributed by atoms with Crippen LogP contribution in [0.4, 0.5) is 5.69 Å². The van der Waals surface area contributed by atoms with E-state index in [1.165, 1.54) is 0 Å². The molecule has 1 N–H and O–H groups in total. The second-order valence-corrected chi connectivity index (χ2v) is 10.1. The second-order valence-electron chi connectivity index (χ2n) is 9.75. The molecule has 4 heterocycles. The number of ether oxygens (including phenoxy) is 2. The fraction of sp³-hybridized carbons (Fsp3) is 0.241. The van der Waals surface area contributed by atoms with Crippen LogP contribution >= 0.6 is 11.6 Å². The molecule has 11 heteroatoms. The number of halogens is 1. The number of fused-ring (bicyclic) bond motifs is 2. The molecule has 0 unspecified atom stereocenters. The predicted molar refractivity (Wildman–Crippen MR) is 151 cm³/mol. The summed E-state index contributed by atoms with van der Waals surface area (Å²) in [7, 11) is 2.01. The molecule has 2 aromatic carbocycles. The molecular weight excluding hydrogens is 536 g/mol. The van der Waals surface area contributed by atoms with Crippen molar-refractivity contribution >= 4 is 28.3 Å². The number of aryl methyl sites for hydroxylation is 1. The van der Waals surface area contributed by atoms with E-state index in [0.29, 0.717) is 40.2 Å². The molecule has 0 saturated heterocycles. The number of pyridine rings is 1. The Kier molecular flexibility index (Phi) is 6.34. The van der Waals surface area contributed by atoms with Crippen molar-refractivity contribution in [3.8, 4) is 34.3 Å². The van der Waals surface area contributed by atoms with E-state index in [4.69, 9.17) is 25.5 Å². The van der Waals surface area contributed by atoms with Gasteiger partial charge in [-0.15, -0.1) is 0 Å². The molecule has 0 saturated carbocycles. The van der Waals surface area contributed by atoms with Gasteiger partial charge in [-0.2, -0.15) is 0 Å². The number of rotatable bonds is 5. The summed E-state index contributed by atoms with van der Waals surface area (Å²) in [6.07, 6.45) is -0.595. The van der Waals surface area contributed by atoms with E-state index in [2.05, 4.69) is 24.5 Å². The van der Waals surface area contributed by atoms with E-state index < -0.39 is 11.9 Å². The van der Waals surface area contributed by atoms with E-state index in [-0.39, 0.29) is 22.1 Å². The number of nitrogens with one attached hydrogen (secondary N) is 1. The van der Waals surface area contributed by atoms with Gasteiger partial charge in [0.05, 0.1) is 17.6 Å². The van der Waals surface area contributed by atoms with Gasteiger partial charge in [-0.05, 0) is 68.8 Å². The Morgan fingerprint density at radius 3 is 2.73 bits per heavy atom. The van der Waals surface area contributed by atoms with Gasteiger partial charge in [-0.25, -0.2) is 9.78 Å². The topological polar surface area (TPSA) is 124 Å². The Hall–Kier alpha value is -4.57. The number of aromatic amines is 1. The highest BCUT2D eigenvalue weighted by Gasteiger charge is 2.23. The van der Waals surface area contributed by atoms with Gasteiger partial charge in [0.25, 0.3) is 0 Å². The van der Waals surface area contributed by atoms with Crippen LogP contribution in [0.3, 0.4) is 0 Å². The third-order valence-electron chi connectivity index (χ3n) is 6.94. The minimum atomic E-state index is -0.732. The van der Waals surface area contributed by atoms with Crippen molar-refractivity contribution in [1.82, 2.24) is 15.1 Å². The van der Waals surface area contributed by atoms with E-state index in [1.54, 1.807) is 19.1 Å². The lowest BCUT2D eigenvalue weighted by atomic mass is 9.99. The lowest BCUT2D eigenvalue weighted by molar-refractivity contribution is 0.227. The standard InChI is InChI=1S/C29H25ClN4O6/c1-14-11-18(16(3)38-21-7-8-23(30)31-24(21)28-32-29(36)40-33-28)27-19(12-14)25(35)15(2)26(39-27)17-5-6-20-22(13-17)37-10-9-34(20)4/h5-8,11-13,16H,9-10H2,1-4H3,(H,32,33,36)/t16-/m1/s1. The summed E-state index contributed by atoms with van der Waals surface area (Å²) in [5.74, 6) is 0.853. The average Bonchev–Trinajstić information content (AvgIpc) is 3.37. The van der Waals surface area contributed by atoms with Crippen LogP contribution in [0.1, 0.15) is 29.7 Å². The minimum Gasteiger partial charge on any atom is -0.490 e. The minimum absolute atomic E-state index is 0.0773. The fourth-order valence-corrected chi connectivity index (χ4v) is 5.06. The first-order valence-corrected chi connectivity index (χ1v) is 13.0. The van der Waals surface area contributed by atoms with E-state index in [9.17, 15) is 9.59 Å². The molecular formula is C29H25ClN4O6. The summed E-state index contributed by atoms with van der Waals surface area (Å²) in [5, 5.41) is 4.36. The van der Waals surface area contributed by atoms with Crippen molar-refractivity contribution in [1.29, 1.82) is 0 Å². The molecule has 1 aliphatic heterocycles. The summed E-state index contributed by atoms with van der Waals surface area (Å²) >= 11 is 6.11. The zero-order chi connectivity index (χ0) is 28.1. The number of anilines is 1. The zero-order valence-electron chi connectivity index (χ0n) is 22.2. The van der Waals surface area contributed by atoms with Gasteiger partial charge in [0.2, 0.25) is 5.82 Å². The summed E-state index contributed by atoms with van der Waals surface area (Å²) in [5.41, 5.74) is 4.26. The number of likely N-dealkylation sites (N-methyl/N-ethyl adjacent to an activating group) is 1. The Labute approximate surface area is 233 Å². The number of hydrogen-bond acceptors (Lipinski definition) is 9. The van der Waals surface area contributed by atoms with Crippen LogP contribution < -0.4 is 25.6 Å². The molecule has 204 valence electrons. The number of nitrogens with zero attached hydrogens (tertiary/aromatic N) is 3. The van der Waals surface area contributed by atoms with Gasteiger partial charge in [0.15, 0.2) is 11.1 Å². The van der Waals surface area contributed by atoms with Crippen LogP contribution in [-0.4, -0.2) is 35.3 Å². The molecule has 0 bridgehead atoms. The van der Waals surface area contributed by atoms with Crippen molar-refractivity contribution in [2.45, 2.75) is 26.9 Å². The Balaban J connectivity index is 1.46.